The summed E-state index contributed by atoms with van der Waals surface area (Å²) < 4.78 is 1.89. The first-order valence-electron chi connectivity index (χ1n) is 7.29. The largest absolute Gasteiger partial charge is 0.364 e. The van der Waals surface area contributed by atoms with Crippen molar-refractivity contribution in [2.75, 3.05) is 0 Å². The van der Waals surface area contributed by atoms with Crippen LogP contribution in [0.25, 0.3) is 0 Å². The van der Waals surface area contributed by atoms with Gasteiger partial charge in [-0.15, -0.1) is 0 Å². The molecule has 6 nitrogen and oxygen atoms in total. The quantitative estimate of drug-likeness (QED) is 0.847. The number of carbonyl (C=O) groups excluding carboxylic acids is 2. The maximum Gasteiger partial charge on any atom is 0.269 e. The van der Waals surface area contributed by atoms with Gasteiger partial charge in [-0.3, -0.25) is 9.59 Å². The van der Waals surface area contributed by atoms with Gasteiger partial charge in [0.1, 0.15) is 5.69 Å². The molecule has 1 unspecified atom stereocenters. The number of fused-ring (bicyclic) bond motifs is 1. The lowest BCUT2D eigenvalue weighted by atomic mass is 9.95. The summed E-state index contributed by atoms with van der Waals surface area (Å²) in [7, 11) is 0. The molecule has 2 heterocycles. The van der Waals surface area contributed by atoms with Crippen molar-refractivity contribution in [1.82, 2.24) is 14.9 Å². The Morgan fingerprint density at radius 3 is 2.75 bits per heavy atom. The summed E-state index contributed by atoms with van der Waals surface area (Å²) in [5.41, 5.74) is 6.50. The van der Waals surface area contributed by atoms with Gasteiger partial charge in [-0.25, -0.2) is 4.98 Å². The monoisotopic (exact) mass is 276 g/mol. The number of aromatic nitrogens is 2. The second-order valence-corrected chi connectivity index (χ2v) is 5.78. The molecule has 0 spiro atoms. The van der Waals surface area contributed by atoms with E-state index in [4.69, 9.17) is 5.73 Å². The first-order chi connectivity index (χ1) is 9.65. The van der Waals surface area contributed by atoms with Gasteiger partial charge in [-0.05, 0) is 25.7 Å². The van der Waals surface area contributed by atoms with Crippen molar-refractivity contribution in [3.05, 3.63) is 17.7 Å². The van der Waals surface area contributed by atoms with Crippen molar-refractivity contribution in [3.63, 3.8) is 0 Å². The molecule has 1 aliphatic carbocycles. The molecule has 0 radical (unpaired) electrons. The van der Waals surface area contributed by atoms with Gasteiger partial charge >= 0.3 is 0 Å². The summed E-state index contributed by atoms with van der Waals surface area (Å²) in [6.45, 7) is 0.591. The van der Waals surface area contributed by atoms with E-state index >= 15 is 0 Å². The van der Waals surface area contributed by atoms with Crippen molar-refractivity contribution in [3.8, 4) is 0 Å². The first-order valence-corrected chi connectivity index (χ1v) is 7.29. The van der Waals surface area contributed by atoms with Crippen LogP contribution in [0.1, 0.15) is 48.3 Å². The summed E-state index contributed by atoms with van der Waals surface area (Å²) in [5, 5.41) is 3.14. The summed E-state index contributed by atoms with van der Waals surface area (Å²) in [4.78, 5) is 27.6. The van der Waals surface area contributed by atoms with Crippen LogP contribution in [0.5, 0.6) is 0 Å². The van der Waals surface area contributed by atoms with E-state index in [1.807, 2.05) is 4.57 Å². The highest BCUT2D eigenvalue weighted by Gasteiger charge is 2.29. The molecule has 3 rings (SSSR count). The van der Waals surface area contributed by atoms with Crippen LogP contribution in [-0.4, -0.2) is 27.4 Å². The van der Waals surface area contributed by atoms with Gasteiger partial charge in [-0.2, -0.15) is 0 Å². The maximum atomic E-state index is 12.3. The predicted molar refractivity (Wildman–Crippen MR) is 73.0 cm³/mol. The third-order valence-electron chi connectivity index (χ3n) is 4.40. The standard InChI is InChI=1S/C14H20N4O2/c15-13(19)12-11-6-5-9(7-18(11)8-16-12)14(20)17-10-3-1-2-4-10/h8-10H,1-7H2,(H2,15,19)(H,17,20). The number of nitrogens with one attached hydrogen (secondary N) is 1. The Kier molecular flexibility index (Phi) is 3.46. The van der Waals surface area contributed by atoms with Gasteiger partial charge in [-0.1, -0.05) is 12.8 Å². The zero-order chi connectivity index (χ0) is 14.1. The molecule has 1 saturated carbocycles. The van der Waals surface area contributed by atoms with Crippen LogP contribution in [0.15, 0.2) is 6.33 Å². The molecule has 1 atom stereocenters. The number of nitrogens with zero attached hydrogens (tertiary/aromatic N) is 2. The van der Waals surface area contributed by atoms with E-state index in [9.17, 15) is 9.59 Å². The Labute approximate surface area is 117 Å². The van der Waals surface area contributed by atoms with Crippen LogP contribution in [-0.2, 0) is 17.8 Å². The van der Waals surface area contributed by atoms with Gasteiger partial charge in [0.25, 0.3) is 5.91 Å². The number of rotatable bonds is 3. The highest BCUT2D eigenvalue weighted by Crippen LogP contribution is 2.24. The molecule has 6 heteroatoms. The van der Waals surface area contributed by atoms with Gasteiger partial charge in [0.05, 0.1) is 17.9 Å². The second kappa shape index (κ2) is 5.26. The van der Waals surface area contributed by atoms with E-state index in [1.165, 1.54) is 12.8 Å². The van der Waals surface area contributed by atoms with Gasteiger partial charge in [0.15, 0.2) is 0 Å². The minimum Gasteiger partial charge on any atom is -0.364 e. The van der Waals surface area contributed by atoms with Gasteiger partial charge in [0.2, 0.25) is 5.91 Å². The van der Waals surface area contributed by atoms with Crippen molar-refractivity contribution >= 4 is 11.8 Å². The third kappa shape index (κ3) is 2.42. The second-order valence-electron chi connectivity index (χ2n) is 5.78. The van der Waals surface area contributed by atoms with Crippen LogP contribution in [0.4, 0.5) is 0 Å². The van der Waals surface area contributed by atoms with E-state index in [1.54, 1.807) is 6.33 Å². The molecular weight excluding hydrogens is 256 g/mol. The van der Waals surface area contributed by atoms with Crippen LogP contribution < -0.4 is 11.1 Å². The lowest BCUT2D eigenvalue weighted by Gasteiger charge is -2.25. The molecule has 0 bridgehead atoms. The lowest BCUT2D eigenvalue weighted by Crippen LogP contribution is -2.40. The zero-order valence-corrected chi connectivity index (χ0v) is 11.5. The van der Waals surface area contributed by atoms with Crippen LogP contribution >= 0.6 is 0 Å². The Balaban J connectivity index is 1.66. The summed E-state index contributed by atoms with van der Waals surface area (Å²) in [6, 6.07) is 0.355. The van der Waals surface area contributed by atoms with Crippen LogP contribution in [0, 0.1) is 5.92 Å². The zero-order valence-electron chi connectivity index (χ0n) is 11.5. The molecule has 0 saturated heterocycles. The number of hydrogen-bond donors (Lipinski definition) is 2. The SMILES string of the molecule is NC(=O)c1ncn2c1CCC(C(=O)NC1CCCC1)C2. The smallest absolute Gasteiger partial charge is 0.269 e. The molecule has 1 aliphatic heterocycles. The van der Waals surface area contributed by atoms with Gasteiger partial charge in [0, 0.05) is 12.6 Å². The molecular formula is C14H20N4O2. The van der Waals surface area contributed by atoms with Crippen molar-refractivity contribution < 1.29 is 9.59 Å². The fourth-order valence-electron chi connectivity index (χ4n) is 3.28. The van der Waals surface area contributed by atoms with E-state index in [0.717, 1.165) is 25.0 Å². The summed E-state index contributed by atoms with van der Waals surface area (Å²) >= 11 is 0. The minimum atomic E-state index is -0.493. The van der Waals surface area contributed by atoms with Crippen LogP contribution in [0.3, 0.4) is 0 Å². The predicted octanol–water partition coefficient (Wildman–Crippen LogP) is 0.603. The Hall–Kier alpha value is -1.85. The van der Waals surface area contributed by atoms with Crippen molar-refractivity contribution in [2.45, 2.75) is 51.1 Å². The Bertz CT molecular complexity index is 531. The average Bonchev–Trinajstić information content (AvgIpc) is 3.06. The first kappa shape index (κ1) is 13.1. The topological polar surface area (TPSA) is 90.0 Å². The summed E-state index contributed by atoms with van der Waals surface area (Å²) in [6.07, 6.45) is 7.67. The van der Waals surface area contributed by atoms with E-state index in [-0.39, 0.29) is 11.8 Å². The molecule has 0 aromatic carbocycles. The van der Waals surface area contributed by atoms with Crippen molar-refractivity contribution in [2.24, 2.45) is 11.7 Å². The van der Waals surface area contributed by atoms with Gasteiger partial charge < -0.3 is 15.6 Å². The van der Waals surface area contributed by atoms with E-state index < -0.39 is 5.91 Å². The number of hydrogen-bond acceptors (Lipinski definition) is 3. The third-order valence-corrected chi connectivity index (χ3v) is 4.40. The number of nitrogens with two attached hydrogens (primary N) is 1. The highest BCUT2D eigenvalue weighted by molar-refractivity contribution is 5.92. The molecule has 2 aliphatic rings. The number of carbonyl (C=O) groups is 2. The molecule has 1 aromatic rings. The Morgan fingerprint density at radius 1 is 1.30 bits per heavy atom. The molecule has 1 aromatic heterocycles. The minimum absolute atomic E-state index is 0.0296. The normalized spacial score (nSPS) is 22.5. The Morgan fingerprint density at radius 2 is 2.05 bits per heavy atom. The maximum absolute atomic E-state index is 12.3. The molecule has 1 fully saturated rings. The average molecular weight is 276 g/mol. The highest BCUT2D eigenvalue weighted by atomic mass is 16.2. The lowest BCUT2D eigenvalue weighted by molar-refractivity contribution is -0.126. The molecule has 2 amide bonds. The molecule has 3 N–H and O–H groups in total. The van der Waals surface area contributed by atoms with E-state index in [0.29, 0.717) is 24.7 Å². The van der Waals surface area contributed by atoms with Crippen molar-refractivity contribution in [1.29, 1.82) is 0 Å². The number of amides is 2. The molecule has 108 valence electrons. The molecule has 20 heavy (non-hydrogen) atoms. The number of primary amides is 1. The fourth-order valence-corrected chi connectivity index (χ4v) is 3.28. The number of imidazole rings is 1. The fraction of sp³-hybridized carbons (Fsp3) is 0.643. The summed E-state index contributed by atoms with van der Waals surface area (Å²) in [5.74, 6) is -0.387. The van der Waals surface area contributed by atoms with Crippen LogP contribution in [0.2, 0.25) is 0 Å². The van der Waals surface area contributed by atoms with E-state index in [2.05, 4.69) is 10.3 Å².